The van der Waals surface area contributed by atoms with Gasteiger partial charge in [-0.2, -0.15) is 0 Å². The van der Waals surface area contributed by atoms with E-state index in [-0.39, 0.29) is 0 Å². The van der Waals surface area contributed by atoms with Crippen LogP contribution in [0.15, 0.2) is 0 Å². The monoisotopic (exact) mass is 233 g/mol. The Kier molecular flexibility index (Phi) is 3.33. The normalized spacial score (nSPS) is 35.1. The first kappa shape index (κ1) is 11.4. The third-order valence-corrected chi connectivity index (χ3v) is 5.04. The molecule has 88 valence electrons. The second kappa shape index (κ2) is 4.39. The molecule has 0 aromatic heterocycles. The molecule has 5 heteroatoms. The molecule has 2 unspecified atom stereocenters. The fourth-order valence-corrected chi connectivity index (χ4v) is 3.63. The molecule has 2 saturated heterocycles. The molecule has 2 fully saturated rings. The Morgan fingerprint density at radius 3 is 2.73 bits per heavy atom. The number of likely N-dealkylation sites (N-methyl/N-ethyl adjacent to an activating group) is 1. The van der Waals surface area contributed by atoms with E-state index < -0.39 is 9.84 Å². The van der Waals surface area contributed by atoms with E-state index in [0.29, 0.717) is 23.7 Å². The van der Waals surface area contributed by atoms with Gasteiger partial charge in [-0.15, -0.1) is 0 Å². The standard InChI is InChI=1S/C10H19NO3S/c1-11(7-10-8-14-10)9-3-2-5-15(12,13)6-4-9/h9-10H,2-8H2,1H3. The first-order valence-electron chi connectivity index (χ1n) is 5.59. The van der Waals surface area contributed by atoms with Gasteiger partial charge in [0.1, 0.15) is 9.84 Å². The molecule has 0 aliphatic carbocycles. The smallest absolute Gasteiger partial charge is 0.150 e. The molecule has 0 saturated carbocycles. The largest absolute Gasteiger partial charge is 0.372 e. The zero-order valence-electron chi connectivity index (χ0n) is 9.18. The minimum Gasteiger partial charge on any atom is -0.372 e. The van der Waals surface area contributed by atoms with Crippen LogP contribution in [0.5, 0.6) is 0 Å². The van der Waals surface area contributed by atoms with Crippen molar-refractivity contribution in [3.05, 3.63) is 0 Å². The molecule has 2 heterocycles. The number of epoxide rings is 1. The Bertz CT molecular complexity index is 311. The maximum absolute atomic E-state index is 11.4. The van der Waals surface area contributed by atoms with Gasteiger partial charge in [-0.1, -0.05) is 0 Å². The molecule has 0 aromatic carbocycles. The SMILES string of the molecule is CN(CC1CO1)C1CCCS(=O)(=O)CC1. The summed E-state index contributed by atoms with van der Waals surface area (Å²) in [5.74, 6) is 0.727. The second-order valence-electron chi connectivity index (χ2n) is 4.63. The van der Waals surface area contributed by atoms with Gasteiger partial charge in [-0.25, -0.2) is 8.42 Å². The number of hydrogen-bond acceptors (Lipinski definition) is 4. The zero-order valence-corrected chi connectivity index (χ0v) is 10.0. The van der Waals surface area contributed by atoms with Gasteiger partial charge in [0.25, 0.3) is 0 Å². The van der Waals surface area contributed by atoms with Crippen LogP contribution in [-0.4, -0.2) is 57.2 Å². The van der Waals surface area contributed by atoms with E-state index in [1.165, 1.54) is 0 Å². The Labute approximate surface area is 91.5 Å². The summed E-state index contributed by atoms with van der Waals surface area (Å²) in [6, 6.07) is 0.423. The lowest BCUT2D eigenvalue weighted by molar-refractivity contribution is 0.205. The lowest BCUT2D eigenvalue weighted by Gasteiger charge is -2.25. The first-order chi connectivity index (χ1) is 7.07. The third kappa shape index (κ3) is 3.43. The summed E-state index contributed by atoms with van der Waals surface area (Å²) >= 11 is 0. The van der Waals surface area contributed by atoms with Crippen molar-refractivity contribution in [3.8, 4) is 0 Å². The van der Waals surface area contributed by atoms with E-state index >= 15 is 0 Å². The summed E-state index contributed by atoms with van der Waals surface area (Å²) < 4.78 is 28.0. The predicted molar refractivity (Wildman–Crippen MR) is 58.7 cm³/mol. The average Bonchev–Trinajstić information content (AvgIpc) is 2.93. The highest BCUT2D eigenvalue weighted by Crippen LogP contribution is 2.19. The number of hydrogen-bond donors (Lipinski definition) is 0. The van der Waals surface area contributed by atoms with Gasteiger partial charge in [0.2, 0.25) is 0 Å². The molecule has 0 aromatic rings. The first-order valence-corrected chi connectivity index (χ1v) is 7.41. The van der Waals surface area contributed by atoms with E-state index in [1.807, 2.05) is 0 Å². The highest BCUT2D eigenvalue weighted by atomic mass is 32.2. The molecule has 15 heavy (non-hydrogen) atoms. The van der Waals surface area contributed by atoms with Crippen molar-refractivity contribution in [2.75, 3.05) is 31.7 Å². The maximum Gasteiger partial charge on any atom is 0.150 e. The molecule has 2 rings (SSSR count). The van der Waals surface area contributed by atoms with Crippen LogP contribution in [0.25, 0.3) is 0 Å². The van der Waals surface area contributed by atoms with E-state index in [4.69, 9.17) is 4.74 Å². The van der Waals surface area contributed by atoms with Crippen molar-refractivity contribution >= 4 is 9.84 Å². The summed E-state index contributed by atoms with van der Waals surface area (Å²) in [6.07, 6.45) is 2.99. The Morgan fingerprint density at radius 2 is 2.07 bits per heavy atom. The van der Waals surface area contributed by atoms with Crippen LogP contribution in [0.3, 0.4) is 0 Å². The van der Waals surface area contributed by atoms with Crippen LogP contribution in [0.1, 0.15) is 19.3 Å². The molecular weight excluding hydrogens is 214 g/mol. The molecule has 2 atom stereocenters. The molecular formula is C10H19NO3S. The van der Waals surface area contributed by atoms with Gasteiger partial charge in [0.15, 0.2) is 0 Å². The van der Waals surface area contributed by atoms with Gasteiger partial charge in [-0.05, 0) is 26.3 Å². The summed E-state index contributed by atoms with van der Waals surface area (Å²) in [4.78, 5) is 2.26. The van der Waals surface area contributed by atoms with Crippen molar-refractivity contribution in [1.82, 2.24) is 4.90 Å². The molecule has 0 spiro atoms. The van der Waals surface area contributed by atoms with Crippen molar-refractivity contribution in [2.45, 2.75) is 31.4 Å². The fraction of sp³-hybridized carbons (Fsp3) is 1.00. The van der Waals surface area contributed by atoms with Gasteiger partial charge in [-0.3, -0.25) is 0 Å². The van der Waals surface area contributed by atoms with E-state index in [0.717, 1.165) is 32.4 Å². The topological polar surface area (TPSA) is 49.9 Å². The van der Waals surface area contributed by atoms with E-state index in [9.17, 15) is 8.42 Å². The Hall–Kier alpha value is -0.130. The summed E-state index contributed by atoms with van der Waals surface area (Å²) in [5.41, 5.74) is 0. The van der Waals surface area contributed by atoms with Crippen molar-refractivity contribution in [3.63, 3.8) is 0 Å². The van der Waals surface area contributed by atoms with Crippen LogP contribution < -0.4 is 0 Å². The minimum absolute atomic E-state index is 0.355. The average molecular weight is 233 g/mol. The summed E-state index contributed by atoms with van der Waals surface area (Å²) in [5, 5.41) is 0. The molecule has 4 nitrogen and oxygen atoms in total. The fourth-order valence-electron chi connectivity index (χ4n) is 2.19. The molecule has 2 aliphatic rings. The highest BCUT2D eigenvalue weighted by molar-refractivity contribution is 7.91. The highest BCUT2D eigenvalue weighted by Gasteiger charge is 2.29. The van der Waals surface area contributed by atoms with Gasteiger partial charge in [0, 0.05) is 12.6 Å². The minimum atomic E-state index is -2.76. The van der Waals surface area contributed by atoms with Crippen LogP contribution in [-0.2, 0) is 14.6 Å². The van der Waals surface area contributed by atoms with Crippen LogP contribution in [0.2, 0.25) is 0 Å². The Morgan fingerprint density at radius 1 is 1.33 bits per heavy atom. The van der Waals surface area contributed by atoms with Crippen molar-refractivity contribution in [2.24, 2.45) is 0 Å². The second-order valence-corrected chi connectivity index (χ2v) is 6.94. The molecule has 0 bridgehead atoms. The Balaban J connectivity index is 1.86. The number of ether oxygens (including phenoxy) is 1. The zero-order chi connectivity index (χ0) is 10.9. The van der Waals surface area contributed by atoms with Crippen molar-refractivity contribution in [1.29, 1.82) is 0 Å². The predicted octanol–water partition coefficient (Wildman–Crippen LogP) is 0.284. The molecule has 0 amide bonds. The number of nitrogens with zero attached hydrogens (tertiary/aromatic N) is 1. The van der Waals surface area contributed by atoms with Crippen LogP contribution in [0, 0.1) is 0 Å². The number of sulfone groups is 1. The van der Waals surface area contributed by atoms with Crippen LogP contribution >= 0.6 is 0 Å². The number of rotatable bonds is 3. The third-order valence-electron chi connectivity index (χ3n) is 3.27. The van der Waals surface area contributed by atoms with Crippen molar-refractivity contribution < 1.29 is 13.2 Å². The lowest BCUT2D eigenvalue weighted by atomic mass is 10.1. The molecule has 0 radical (unpaired) electrons. The quantitative estimate of drug-likeness (QED) is 0.657. The molecule has 0 N–H and O–H groups in total. The van der Waals surface area contributed by atoms with Crippen LogP contribution in [0.4, 0.5) is 0 Å². The lowest BCUT2D eigenvalue weighted by Crippen LogP contribution is -2.35. The maximum atomic E-state index is 11.4. The van der Waals surface area contributed by atoms with E-state index in [2.05, 4.69) is 11.9 Å². The molecule has 2 aliphatic heterocycles. The summed E-state index contributed by atoms with van der Waals surface area (Å²) in [7, 11) is -0.683. The van der Waals surface area contributed by atoms with Gasteiger partial charge < -0.3 is 9.64 Å². The van der Waals surface area contributed by atoms with E-state index in [1.54, 1.807) is 0 Å². The van der Waals surface area contributed by atoms with Gasteiger partial charge >= 0.3 is 0 Å². The van der Waals surface area contributed by atoms with Gasteiger partial charge in [0.05, 0.1) is 24.2 Å². The summed E-state index contributed by atoms with van der Waals surface area (Å²) in [6.45, 7) is 1.82.